The Balaban J connectivity index is 2.26. The fourth-order valence-corrected chi connectivity index (χ4v) is 4.63. The lowest BCUT2D eigenvalue weighted by Gasteiger charge is -2.16. The summed E-state index contributed by atoms with van der Waals surface area (Å²) in [4.78, 5) is 17.0. The Bertz CT molecular complexity index is 471. The fourth-order valence-electron chi connectivity index (χ4n) is 2.07. The highest BCUT2D eigenvalue weighted by Crippen LogP contribution is 2.35. The van der Waals surface area contributed by atoms with Gasteiger partial charge in [-0.25, -0.2) is 0 Å². The Morgan fingerprint density at radius 2 is 2.16 bits per heavy atom. The van der Waals surface area contributed by atoms with Crippen molar-refractivity contribution in [2.24, 2.45) is 0 Å². The third-order valence-corrected chi connectivity index (χ3v) is 5.79. The minimum Gasteiger partial charge on any atom is -0.366 e. The zero-order valence-electron chi connectivity index (χ0n) is 11.4. The maximum absolute atomic E-state index is 12.2. The van der Waals surface area contributed by atoms with Gasteiger partial charge in [0.25, 0.3) is 5.91 Å². The van der Waals surface area contributed by atoms with Gasteiger partial charge in [0.15, 0.2) is 0 Å². The standard InChI is InChI=1S/C13H18N2OS3/c1-4-14-6-7-18-10(14)8-9(3)11-12(16)15(5-2)13(17)19-11/h8H,4-7H2,1-3H3/b10-8-,11-9+. The van der Waals surface area contributed by atoms with E-state index in [0.29, 0.717) is 10.9 Å². The molecule has 0 radical (unpaired) electrons. The second kappa shape index (κ2) is 6.33. The van der Waals surface area contributed by atoms with Gasteiger partial charge in [0.05, 0.1) is 9.93 Å². The summed E-state index contributed by atoms with van der Waals surface area (Å²) in [6, 6.07) is 0. The molecular formula is C13H18N2OS3. The third-order valence-electron chi connectivity index (χ3n) is 3.17. The molecule has 2 heterocycles. The van der Waals surface area contributed by atoms with Gasteiger partial charge in [-0.2, -0.15) is 0 Å². The molecule has 0 N–H and O–H groups in total. The van der Waals surface area contributed by atoms with Crippen molar-refractivity contribution in [2.45, 2.75) is 20.8 Å². The molecule has 0 saturated carbocycles. The highest BCUT2D eigenvalue weighted by Gasteiger charge is 2.32. The summed E-state index contributed by atoms with van der Waals surface area (Å²) >= 11 is 8.52. The quantitative estimate of drug-likeness (QED) is 0.588. The van der Waals surface area contributed by atoms with Crippen LogP contribution in [0.25, 0.3) is 0 Å². The molecule has 0 aromatic heterocycles. The van der Waals surface area contributed by atoms with Crippen LogP contribution in [-0.2, 0) is 4.79 Å². The van der Waals surface area contributed by atoms with E-state index in [9.17, 15) is 4.79 Å². The number of carbonyl (C=O) groups is 1. The second-order valence-electron chi connectivity index (χ2n) is 4.34. The van der Waals surface area contributed by atoms with Gasteiger partial charge in [0, 0.05) is 25.4 Å². The number of nitrogens with zero attached hydrogens (tertiary/aromatic N) is 2. The highest BCUT2D eigenvalue weighted by atomic mass is 32.2. The molecule has 2 aliphatic rings. The Morgan fingerprint density at radius 3 is 2.74 bits per heavy atom. The minimum absolute atomic E-state index is 0.0536. The van der Waals surface area contributed by atoms with Crippen molar-refractivity contribution in [3.05, 3.63) is 21.6 Å². The predicted molar refractivity (Wildman–Crippen MR) is 88.1 cm³/mol. The molecule has 0 atom stereocenters. The van der Waals surface area contributed by atoms with Gasteiger partial charge in [0.2, 0.25) is 0 Å². The Kier molecular flexibility index (Phi) is 4.97. The summed E-state index contributed by atoms with van der Waals surface area (Å²) in [6.07, 6.45) is 2.13. The average molecular weight is 315 g/mol. The van der Waals surface area contributed by atoms with Crippen LogP contribution in [0.15, 0.2) is 21.6 Å². The van der Waals surface area contributed by atoms with E-state index in [1.807, 2.05) is 25.6 Å². The smallest absolute Gasteiger partial charge is 0.266 e. The summed E-state index contributed by atoms with van der Waals surface area (Å²) in [5, 5.41) is 1.27. The SMILES string of the molecule is CCN1C(=O)/C(=C(C)\C=C2/SCCN2CC)SC1=S. The summed E-state index contributed by atoms with van der Waals surface area (Å²) in [5.74, 6) is 1.18. The lowest BCUT2D eigenvalue weighted by Crippen LogP contribution is -2.27. The number of allylic oxidation sites excluding steroid dienone is 2. The molecule has 0 unspecified atom stereocenters. The first-order chi connectivity index (χ1) is 9.08. The van der Waals surface area contributed by atoms with Crippen LogP contribution in [0.2, 0.25) is 0 Å². The largest absolute Gasteiger partial charge is 0.366 e. The molecule has 0 aliphatic carbocycles. The van der Waals surface area contributed by atoms with Crippen LogP contribution in [0.5, 0.6) is 0 Å². The molecule has 2 rings (SSSR count). The molecular weight excluding hydrogens is 296 g/mol. The van der Waals surface area contributed by atoms with Crippen LogP contribution in [0, 0.1) is 0 Å². The number of amides is 1. The van der Waals surface area contributed by atoms with Crippen molar-refractivity contribution in [2.75, 3.05) is 25.4 Å². The summed E-state index contributed by atoms with van der Waals surface area (Å²) in [5.41, 5.74) is 1.02. The normalized spacial score (nSPS) is 24.9. The topological polar surface area (TPSA) is 23.6 Å². The van der Waals surface area contributed by atoms with Gasteiger partial charge in [-0.15, -0.1) is 11.8 Å². The first kappa shape index (κ1) is 14.9. The van der Waals surface area contributed by atoms with Crippen molar-refractivity contribution in [1.82, 2.24) is 9.80 Å². The van der Waals surface area contributed by atoms with Gasteiger partial charge in [-0.3, -0.25) is 9.69 Å². The van der Waals surface area contributed by atoms with E-state index in [-0.39, 0.29) is 5.91 Å². The number of thioether (sulfide) groups is 2. The van der Waals surface area contributed by atoms with Crippen molar-refractivity contribution < 1.29 is 4.79 Å². The molecule has 0 bridgehead atoms. The average Bonchev–Trinajstić information content (AvgIpc) is 2.94. The fraction of sp³-hybridized carbons (Fsp3) is 0.538. The molecule has 0 aromatic carbocycles. The second-order valence-corrected chi connectivity index (χ2v) is 7.10. The molecule has 0 aromatic rings. The summed E-state index contributed by atoms with van der Waals surface area (Å²) in [6.45, 7) is 8.87. The van der Waals surface area contributed by atoms with Gasteiger partial charge in [0.1, 0.15) is 4.32 Å². The first-order valence-electron chi connectivity index (χ1n) is 6.42. The Morgan fingerprint density at radius 1 is 1.42 bits per heavy atom. The maximum Gasteiger partial charge on any atom is 0.266 e. The molecule has 2 aliphatic heterocycles. The molecule has 1 amide bonds. The van der Waals surface area contributed by atoms with Crippen LogP contribution in [0.1, 0.15) is 20.8 Å². The molecule has 104 valence electrons. The third kappa shape index (κ3) is 3.01. The lowest BCUT2D eigenvalue weighted by molar-refractivity contribution is -0.122. The number of thiocarbonyl (C=S) groups is 1. The van der Waals surface area contributed by atoms with Crippen LogP contribution >= 0.6 is 35.7 Å². The molecule has 6 heteroatoms. The maximum atomic E-state index is 12.2. The first-order valence-corrected chi connectivity index (χ1v) is 8.63. The zero-order chi connectivity index (χ0) is 14.0. The van der Waals surface area contributed by atoms with E-state index < -0.39 is 0 Å². The van der Waals surface area contributed by atoms with E-state index in [0.717, 1.165) is 29.3 Å². The number of likely N-dealkylation sites (N-methyl/N-ethyl adjacent to an activating group) is 1. The van der Waals surface area contributed by atoms with Crippen molar-refractivity contribution in [1.29, 1.82) is 0 Å². The number of hydrogen-bond donors (Lipinski definition) is 0. The summed E-state index contributed by atoms with van der Waals surface area (Å²) < 4.78 is 0.673. The van der Waals surface area contributed by atoms with Crippen LogP contribution in [-0.4, -0.2) is 45.4 Å². The van der Waals surface area contributed by atoms with Gasteiger partial charge in [-0.05, 0) is 32.4 Å². The predicted octanol–water partition coefficient (Wildman–Crippen LogP) is 3.05. The van der Waals surface area contributed by atoms with E-state index in [4.69, 9.17) is 12.2 Å². The van der Waals surface area contributed by atoms with Gasteiger partial charge in [-0.1, -0.05) is 24.0 Å². The molecule has 0 spiro atoms. The molecule has 2 saturated heterocycles. The highest BCUT2D eigenvalue weighted by molar-refractivity contribution is 8.26. The van der Waals surface area contributed by atoms with E-state index >= 15 is 0 Å². The van der Waals surface area contributed by atoms with E-state index in [1.165, 1.54) is 16.8 Å². The number of hydrogen-bond acceptors (Lipinski definition) is 5. The van der Waals surface area contributed by atoms with E-state index in [2.05, 4.69) is 17.9 Å². The zero-order valence-corrected chi connectivity index (χ0v) is 13.9. The van der Waals surface area contributed by atoms with Crippen LogP contribution in [0.4, 0.5) is 0 Å². The molecule has 3 nitrogen and oxygen atoms in total. The van der Waals surface area contributed by atoms with Crippen molar-refractivity contribution in [3.8, 4) is 0 Å². The van der Waals surface area contributed by atoms with E-state index in [1.54, 1.807) is 4.90 Å². The molecule has 19 heavy (non-hydrogen) atoms. The lowest BCUT2D eigenvalue weighted by atomic mass is 10.2. The van der Waals surface area contributed by atoms with Crippen molar-refractivity contribution in [3.63, 3.8) is 0 Å². The number of carbonyl (C=O) groups excluding carboxylic acids is 1. The monoisotopic (exact) mass is 314 g/mol. The minimum atomic E-state index is 0.0536. The summed E-state index contributed by atoms with van der Waals surface area (Å²) in [7, 11) is 0. The van der Waals surface area contributed by atoms with Gasteiger partial charge < -0.3 is 4.90 Å². The Labute approximate surface area is 128 Å². The molecule has 2 fully saturated rings. The van der Waals surface area contributed by atoms with Gasteiger partial charge >= 0.3 is 0 Å². The Hall–Kier alpha value is -0.460. The van der Waals surface area contributed by atoms with Crippen LogP contribution in [0.3, 0.4) is 0 Å². The van der Waals surface area contributed by atoms with Crippen LogP contribution < -0.4 is 0 Å². The number of rotatable bonds is 3. The van der Waals surface area contributed by atoms with Crippen molar-refractivity contribution >= 4 is 46.0 Å².